The second-order valence-electron chi connectivity index (χ2n) is 6.76. The first-order valence-electron chi connectivity index (χ1n) is 9.17. The lowest BCUT2D eigenvalue weighted by Crippen LogP contribution is -2.10. The fraction of sp³-hybridized carbons (Fsp3) is 0.125. The Hall–Kier alpha value is -3.24. The Bertz CT molecular complexity index is 1260. The number of hydrogen-bond acceptors (Lipinski definition) is 3. The van der Waals surface area contributed by atoms with E-state index in [9.17, 15) is 4.79 Å². The Balaban J connectivity index is 1.84. The Morgan fingerprint density at radius 2 is 1.52 bits per heavy atom. The molecular weight excluding hydrogens is 386 g/mol. The van der Waals surface area contributed by atoms with Gasteiger partial charge in [-0.2, -0.15) is 0 Å². The number of benzene rings is 3. The first-order chi connectivity index (χ1) is 14.0. The molecule has 4 nitrogen and oxygen atoms in total. The van der Waals surface area contributed by atoms with Gasteiger partial charge in [-0.25, -0.2) is 0 Å². The zero-order valence-corrected chi connectivity index (χ0v) is 17.1. The highest BCUT2D eigenvalue weighted by Gasteiger charge is 2.14. The molecule has 0 aliphatic rings. The number of fused-ring (bicyclic) bond motifs is 1. The third-order valence-electron chi connectivity index (χ3n) is 5.05. The molecule has 1 N–H and O–H groups in total. The van der Waals surface area contributed by atoms with E-state index in [1.165, 1.54) is 0 Å². The Kier molecular flexibility index (Phi) is 5.03. The molecule has 5 heteroatoms. The van der Waals surface area contributed by atoms with E-state index < -0.39 is 0 Å². The van der Waals surface area contributed by atoms with Gasteiger partial charge in [-0.1, -0.05) is 54.1 Å². The number of pyridine rings is 1. The molecule has 0 amide bonds. The quantitative estimate of drug-likeness (QED) is 0.464. The summed E-state index contributed by atoms with van der Waals surface area (Å²) in [6.07, 6.45) is 0. The number of nitrogens with one attached hydrogen (secondary N) is 1. The number of aromatic amines is 1. The standard InChI is InChI=1S/C24H20ClNO3/c1-14-23(24(27)18-12-19(25)22(29-3)13-20(18)26-14)16-10-8-15(9-11-16)17-6-4-5-7-21(17)28-2/h4-13H,1-3H3,(H,26,27). The van der Waals surface area contributed by atoms with E-state index >= 15 is 0 Å². The van der Waals surface area contributed by atoms with E-state index in [0.29, 0.717) is 27.2 Å². The van der Waals surface area contributed by atoms with E-state index in [4.69, 9.17) is 21.1 Å². The third-order valence-corrected chi connectivity index (χ3v) is 5.35. The van der Waals surface area contributed by atoms with Crippen molar-refractivity contribution in [3.8, 4) is 33.8 Å². The lowest BCUT2D eigenvalue weighted by Gasteiger charge is -2.12. The fourth-order valence-electron chi connectivity index (χ4n) is 3.62. The van der Waals surface area contributed by atoms with E-state index in [2.05, 4.69) is 4.98 Å². The number of halogens is 1. The monoisotopic (exact) mass is 405 g/mol. The molecule has 0 saturated carbocycles. The lowest BCUT2D eigenvalue weighted by atomic mass is 9.97. The predicted octanol–water partition coefficient (Wildman–Crippen LogP) is 5.84. The molecule has 29 heavy (non-hydrogen) atoms. The van der Waals surface area contributed by atoms with Gasteiger partial charge in [-0.3, -0.25) is 4.79 Å². The van der Waals surface area contributed by atoms with Crippen LogP contribution in [0.2, 0.25) is 5.02 Å². The van der Waals surface area contributed by atoms with Gasteiger partial charge in [0, 0.05) is 28.3 Å². The van der Waals surface area contributed by atoms with Crippen LogP contribution in [0.5, 0.6) is 11.5 Å². The van der Waals surface area contributed by atoms with Crippen LogP contribution in [0.15, 0.2) is 65.5 Å². The highest BCUT2D eigenvalue weighted by molar-refractivity contribution is 6.32. The van der Waals surface area contributed by atoms with E-state index in [0.717, 1.165) is 28.1 Å². The molecule has 0 unspecified atom stereocenters. The van der Waals surface area contributed by atoms with Crippen molar-refractivity contribution in [3.05, 3.63) is 81.6 Å². The highest BCUT2D eigenvalue weighted by Crippen LogP contribution is 2.33. The van der Waals surface area contributed by atoms with Crippen molar-refractivity contribution in [2.24, 2.45) is 0 Å². The molecule has 0 saturated heterocycles. The topological polar surface area (TPSA) is 51.3 Å². The van der Waals surface area contributed by atoms with Crippen LogP contribution >= 0.6 is 11.6 Å². The molecule has 146 valence electrons. The fourth-order valence-corrected chi connectivity index (χ4v) is 3.86. The molecular formula is C24H20ClNO3. The zero-order valence-electron chi connectivity index (χ0n) is 16.4. The number of hydrogen-bond donors (Lipinski definition) is 1. The molecule has 3 aromatic carbocycles. The maximum atomic E-state index is 13.2. The number of ether oxygens (including phenoxy) is 2. The molecule has 0 aliphatic heterocycles. The molecule has 4 aromatic rings. The van der Waals surface area contributed by atoms with Crippen molar-refractivity contribution in [3.63, 3.8) is 0 Å². The highest BCUT2D eigenvalue weighted by atomic mass is 35.5. The minimum atomic E-state index is -0.0640. The van der Waals surface area contributed by atoms with Gasteiger partial charge >= 0.3 is 0 Å². The molecule has 4 rings (SSSR count). The summed E-state index contributed by atoms with van der Waals surface area (Å²) in [5, 5.41) is 0.942. The first kappa shape index (κ1) is 19.1. The van der Waals surface area contributed by atoms with Gasteiger partial charge in [0.2, 0.25) is 0 Å². The van der Waals surface area contributed by atoms with Crippen LogP contribution in [0.3, 0.4) is 0 Å². The summed E-state index contributed by atoms with van der Waals surface area (Å²) in [4.78, 5) is 16.5. The molecule has 0 aliphatic carbocycles. The maximum absolute atomic E-state index is 13.2. The summed E-state index contributed by atoms with van der Waals surface area (Å²) in [6.45, 7) is 1.89. The predicted molar refractivity (Wildman–Crippen MR) is 118 cm³/mol. The number of para-hydroxylation sites is 1. The Morgan fingerprint density at radius 1 is 0.862 bits per heavy atom. The van der Waals surface area contributed by atoms with Crippen molar-refractivity contribution < 1.29 is 9.47 Å². The number of aromatic nitrogens is 1. The van der Waals surface area contributed by atoms with Gasteiger partial charge in [0.15, 0.2) is 5.43 Å². The summed E-state index contributed by atoms with van der Waals surface area (Å²) in [7, 11) is 3.21. The van der Waals surface area contributed by atoms with Crippen LogP contribution in [-0.4, -0.2) is 19.2 Å². The summed E-state index contributed by atoms with van der Waals surface area (Å²) < 4.78 is 10.7. The summed E-state index contributed by atoms with van der Waals surface area (Å²) in [5.41, 5.74) is 4.92. The molecule has 0 fully saturated rings. The molecule has 0 bridgehead atoms. The molecule has 1 aromatic heterocycles. The Morgan fingerprint density at radius 3 is 2.21 bits per heavy atom. The van der Waals surface area contributed by atoms with Gasteiger partial charge in [-0.15, -0.1) is 0 Å². The van der Waals surface area contributed by atoms with Crippen LogP contribution in [0.25, 0.3) is 33.2 Å². The van der Waals surface area contributed by atoms with Crippen molar-refractivity contribution in [1.82, 2.24) is 4.98 Å². The number of methoxy groups -OCH3 is 2. The molecule has 1 heterocycles. The summed E-state index contributed by atoms with van der Waals surface area (Å²) in [5.74, 6) is 1.34. The number of aryl methyl sites for hydroxylation is 1. The minimum Gasteiger partial charge on any atom is -0.496 e. The molecule has 0 radical (unpaired) electrons. The van der Waals surface area contributed by atoms with Crippen LogP contribution < -0.4 is 14.9 Å². The van der Waals surface area contributed by atoms with Crippen molar-refractivity contribution in [2.75, 3.05) is 14.2 Å². The van der Waals surface area contributed by atoms with E-state index in [1.54, 1.807) is 26.4 Å². The van der Waals surface area contributed by atoms with E-state index in [-0.39, 0.29) is 5.43 Å². The number of H-pyrrole nitrogens is 1. The van der Waals surface area contributed by atoms with Crippen LogP contribution in [0, 0.1) is 6.92 Å². The van der Waals surface area contributed by atoms with E-state index in [1.807, 2.05) is 55.5 Å². The van der Waals surface area contributed by atoms with Crippen LogP contribution in [-0.2, 0) is 0 Å². The second kappa shape index (κ2) is 7.64. The Labute approximate surface area is 173 Å². The lowest BCUT2D eigenvalue weighted by molar-refractivity contribution is 0.415. The normalized spacial score (nSPS) is 10.9. The largest absolute Gasteiger partial charge is 0.496 e. The van der Waals surface area contributed by atoms with Crippen LogP contribution in [0.1, 0.15) is 5.69 Å². The van der Waals surface area contributed by atoms with Gasteiger partial charge < -0.3 is 14.5 Å². The first-order valence-corrected chi connectivity index (χ1v) is 9.55. The van der Waals surface area contributed by atoms with Gasteiger partial charge in [0.1, 0.15) is 11.5 Å². The van der Waals surface area contributed by atoms with Gasteiger partial charge in [0.25, 0.3) is 0 Å². The maximum Gasteiger partial charge on any atom is 0.197 e. The van der Waals surface area contributed by atoms with Gasteiger partial charge in [0.05, 0.1) is 24.8 Å². The molecule has 0 atom stereocenters. The smallest absolute Gasteiger partial charge is 0.197 e. The summed E-state index contributed by atoms with van der Waals surface area (Å²) in [6, 6.07) is 19.2. The van der Waals surface area contributed by atoms with Crippen LogP contribution in [0.4, 0.5) is 0 Å². The van der Waals surface area contributed by atoms with Crippen molar-refractivity contribution in [1.29, 1.82) is 0 Å². The van der Waals surface area contributed by atoms with Crippen molar-refractivity contribution >= 4 is 22.5 Å². The number of rotatable bonds is 4. The average molecular weight is 406 g/mol. The second-order valence-corrected chi connectivity index (χ2v) is 7.17. The zero-order chi connectivity index (χ0) is 20.5. The average Bonchev–Trinajstić information content (AvgIpc) is 2.74. The molecule has 0 spiro atoms. The summed E-state index contributed by atoms with van der Waals surface area (Å²) >= 11 is 6.24. The SMILES string of the molecule is COc1cc2[nH]c(C)c(-c3ccc(-c4ccccc4OC)cc3)c(=O)c2cc1Cl. The third kappa shape index (κ3) is 3.36. The van der Waals surface area contributed by atoms with Gasteiger partial charge in [-0.05, 0) is 30.2 Å². The van der Waals surface area contributed by atoms with Crippen molar-refractivity contribution in [2.45, 2.75) is 6.92 Å². The minimum absolute atomic E-state index is 0.0640.